The number of carboxylic acid groups (broad SMARTS) is 1. The van der Waals surface area contributed by atoms with Crippen LogP contribution in [-0.4, -0.2) is 23.1 Å². The Hall–Kier alpha value is -1.58. The highest BCUT2D eigenvalue weighted by Gasteiger charge is 2.67. The summed E-state index contributed by atoms with van der Waals surface area (Å²) in [5, 5.41) is 10.4. The molecule has 4 fully saturated rings. The second kappa shape index (κ2) is 6.72. The molecule has 0 aromatic rings. The Kier molecular flexibility index (Phi) is 4.79. The van der Waals surface area contributed by atoms with Crippen molar-refractivity contribution in [1.29, 1.82) is 0 Å². The Labute approximate surface area is 174 Å². The van der Waals surface area contributed by atoms with Gasteiger partial charge in [-0.25, -0.2) is 4.79 Å². The highest BCUT2D eigenvalue weighted by molar-refractivity contribution is 5.83. The van der Waals surface area contributed by atoms with E-state index >= 15 is 0 Å². The number of hydrogen-bond donors (Lipinski definition) is 1. The maximum Gasteiger partial charge on any atom is 0.330 e. The van der Waals surface area contributed by atoms with Crippen molar-refractivity contribution in [3.8, 4) is 0 Å². The van der Waals surface area contributed by atoms with Crippen molar-refractivity contribution in [2.45, 2.75) is 85.2 Å². The lowest BCUT2D eigenvalue weighted by molar-refractivity contribution is -0.211. The molecule has 0 amide bonds. The zero-order chi connectivity index (χ0) is 21.2. The molecule has 0 unspecified atom stereocenters. The van der Waals surface area contributed by atoms with Crippen molar-refractivity contribution in [1.82, 2.24) is 0 Å². The molecule has 4 rings (SSSR count). The molecule has 4 aliphatic carbocycles. The van der Waals surface area contributed by atoms with E-state index < -0.39 is 23.5 Å². The Bertz CT molecular complexity index is 778. The van der Waals surface area contributed by atoms with E-state index in [1.54, 1.807) is 0 Å². The predicted molar refractivity (Wildman–Crippen MR) is 112 cm³/mol. The molecule has 4 heteroatoms. The van der Waals surface area contributed by atoms with Crippen LogP contribution in [0.3, 0.4) is 0 Å². The van der Waals surface area contributed by atoms with Gasteiger partial charge in [0.25, 0.3) is 0 Å². The van der Waals surface area contributed by atoms with Crippen molar-refractivity contribution in [3.63, 3.8) is 0 Å². The molecular formula is C25H36O4. The van der Waals surface area contributed by atoms with Crippen LogP contribution in [0.1, 0.15) is 79.1 Å². The van der Waals surface area contributed by atoms with E-state index in [9.17, 15) is 14.7 Å². The van der Waals surface area contributed by atoms with Crippen LogP contribution in [0, 0.1) is 34.0 Å². The Balaban J connectivity index is 1.67. The third-order valence-corrected chi connectivity index (χ3v) is 9.34. The Morgan fingerprint density at radius 1 is 1.10 bits per heavy atom. The molecule has 160 valence electrons. The van der Waals surface area contributed by atoms with Gasteiger partial charge in [-0.15, -0.1) is 0 Å². The minimum atomic E-state index is -1.04. The average molecular weight is 401 g/mol. The van der Waals surface area contributed by atoms with Gasteiger partial charge >= 0.3 is 11.9 Å². The summed E-state index contributed by atoms with van der Waals surface area (Å²) in [7, 11) is 0. The fourth-order valence-corrected chi connectivity index (χ4v) is 8.13. The highest BCUT2D eigenvalue weighted by atomic mass is 16.5. The van der Waals surface area contributed by atoms with Crippen molar-refractivity contribution in [3.05, 3.63) is 23.8 Å². The van der Waals surface area contributed by atoms with Gasteiger partial charge in [-0.05, 0) is 101 Å². The number of fused-ring (bicyclic) bond motifs is 3. The number of rotatable bonds is 3. The summed E-state index contributed by atoms with van der Waals surface area (Å²) in [6, 6.07) is 0. The fourth-order valence-electron chi connectivity index (χ4n) is 8.13. The lowest BCUT2D eigenvalue weighted by Crippen LogP contribution is -2.63. The normalized spacial score (nSPS) is 45.7. The third-order valence-electron chi connectivity index (χ3n) is 9.34. The lowest BCUT2D eigenvalue weighted by Gasteiger charge is -2.64. The summed E-state index contributed by atoms with van der Waals surface area (Å²) < 4.78 is 5.78. The zero-order valence-corrected chi connectivity index (χ0v) is 18.4. The van der Waals surface area contributed by atoms with Crippen LogP contribution < -0.4 is 0 Å². The topological polar surface area (TPSA) is 63.6 Å². The fraction of sp³-hybridized carbons (Fsp3) is 0.760. The number of carboxylic acids is 1. The second-order valence-electron chi connectivity index (χ2n) is 11.1. The van der Waals surface area contributed by atoms with Gasteiger partial charge in [0.1, 0.15) is 11.5 Å². The molecule has 4 aliphatic rings. The van der Waals surface area contributed by atoms with Crippen molar-refractivity contribution in [2.24, 2.45) is 34.0 Å². The van der Waals surface area contributed by atoms with Gasteiger partial charge in [0, 0.05) is 6.08 Å². The van der Waals surface area contributed by atoms with Crippen LogP contribution in [0.5, 0.6) is 0 Å². The van der Waals surface area contributed by atoms with E-state index in [1.807, 2.05) is 20.8 Å². The van der Waals surface area contributed by atoms with Crippen LogP contribution >= 0.6 is 0 Å². The summed E-state index contributed by atoms with van der Waals surface area (Å²) in [5.41, 5.74) is 1.58. The van der Waals surface area contributed by atoms with Gasteiger partial charge in [-0.1, -0.05) is 24.6 Å². The molecule has 0 aromatic carbocycles. The van der Waals surface area contributed by atoms with Crippen molar-refractivity contribution in [2.75, 3.05) is 0 Å². The number of ether oxygens (including phenoxy) is 1. The lowest BCUT2D eigenvalue weighted by atomic mass is 9.40. The van der Waals surface area contributed by atoms with E-state index in [1.165, 1.54) is 30.9 Å². The molecule has 0 aliphatic heterocycles. The second-order valence-corrected chi connectivity index (χ2v) is 11.1. The minimum absolute atomic E-state index is 0.0135. The SMILES string of the molecule is C=C1C[C@@]23CC[C@H]4[C@@](C)(CC[C@@H](OC(=O)C=C(C)C)[C@@]4(C)C(=O)O)[C@@H]2CC[C@@H]1C3. The first-order valence-corrected chi connectivity index (χ1v) is 11.3. The van der Waals surface area contributed by atoms with E-state index in [4.69, 9.17) is 4.74 Å². The van der Waals surface area contributed by atoms with Crippen LogP contribution in [-0.2, 0) is 14.3 Å². The van der Waals surface area contributed by atoms with Crippen molar-refractivity contribution >= 4 is 11.9 Å². The number of carbonyl (C=O) groups excluding carboxylic acids is 1. The molecule has 0 saturated heterocycles. The molecule has 4 saturated carbocycles. The van der Waals surface area contributed by atoms with Crippen LogP contribution in [0.4, 0.5) is 0 Å². The number of allylic oxidation sites excluding steroid dienone is 2. The Morgan fingerprint density at radius 2 is 1.83 bits per heavy atom. The number of hydrogen-bond acceptors (Lipinski definition) is 3. The van der Waals surface area contributed by atoms with Crippen LogP contribution in [0.15, 0.2) is 23.8 Å². The molecule has 1 spiro atoms. The maximum atomic E-state index is 12.6. The maximum absolute atomic E-state index is 12.6. The first-order chi connectivity index (χ1) is 13.5. The van der Waals surface area contributed by atoms with Crippen LogP contribution in [0.2, 0.25) is 0 Å². The monoisotopic (exact) mass is 400 g/mol. The molecule has 0 heterocycles. The summed E-state index contributed by atoms with van der Waals surface area (Å²) in [6.45, 7) is 12.3. The van der Waals surface area contributed by atoms with Gasteiger partial charge < -0.3 is 9.84 Å². The Morgan fingerprint density at radius 3 is 2.48 bits per heavy atom. The summed E-state index contributed by atoms with van der Waals surface area (Å²) in [5.74, 6) is 0.0395. The van der Waals surface area contributed by atoms with Gasteiger partial charge in [0.15, 0.2) is 0 Å². The minimum Gasteiger partial charge on any atom is -0.481 e. The predicted octanol–water partition coefficient (Wildman–Crippen LogP) is 5.53. The van der Waals surface area contributed by atoms with Crippen molar-refractivity contribution < 1.29 is 19.4 Å². The van der Waals surface area contributed by atoms with Crippen LogP contribution in [0.25, 0.3) is 0 Å². The van der Waals surface area contributed by atoms with Gasteiger partial charge in [0.2, 0.25) is 0 Å². The summed E-state index contributed by atoms with van der Waals surface area (Å²) in [4.78, 5) is 25.0. The van der Waals surface area contributed by atoms with Gasteiger partial charge in [-0.3, -0.25) is 4.79 Å². The standard InChI is InChI=1S/C25H36O4/c1-15(2)12-21(26)29-20-9-10-23(4)18(24(20,5)22(27)28)8-11-25-13-16(3)17(14-25)6-7-19(23)25/h12,17-20H,3,6-11,13-14H2,1-2,4-5H3,(H,27,28)/t17-,18+,19+,20-,23-,24+,25-/m1/s1. The molecular weight excluding hydrogens is 364 g/mol. The molecule has 7 atom stereocenters. The number of esters is 1. The summed E-state index contributed by atoms with van der Waals surface area (Å²) in [6.07, 6.45) is 9.26. The first kappa shape index (κ1) is 20.7. The molecule has 1 N–H and O–H groups in total. The first-order valence-electron chi connectivity index (χ1n) is 11.3. The molecule has 29 heavy (non-hydrogen) atoms. The largest absolute Gasteiger partial charge is 0.481 e. The third kappa shape index (κ3) is 2.92. The molecule has 2 bridgehead atoms. The van der Waals surface area contributed by atoms with E-state index in [2.05, 4.69) is 13.5 Å². The summed E-state index contributed by atoms with van der Waals surface area (Å²) >= 11 is 0. The van der Waals surface area contributed by atoms with E-state index in [0.717, 1.165) is 31.3 Å². The van der Waals surface area contributed by atoms with Gasteiger partial charge in [0.05, 0.1) is 0 Å². The molecule has 4 nitrogen and oxygen atoms in total. The smallest absolute Gasteiger partial charge is 0.330 e. The van der Waals surface area contributed by atoms with E-state index in [-0.39, 0.29) is 11.3 Å². The average Bonchev–Trinajstić information content (AvgIpc) is 2.85. The number of carbonyl (C=O) groups is 2. The zero-order valence-electron chi connectivity index (χ0n) is 18.4. The quantitative estimate of drug-likeness (QED) is 0.384. The van der Waals surface area contributed by atoms with Gasteiger partial charge in [-0.2, -0.15) is 0 Å². The van der Waals surface area contributed by atoms with E-state index in [0.29, 0.717) is 23.7 Å². The number of aliphatic carboxylic acids is 1. The molecule has 0 aromatic heterocycles. The molecule has 0 radical (unpaired) electrons. The highest BCUT2D eigenvalue weighted by Crippen LogP contribution is 2.72.